The summed E-state index contributed by atoms with van der Waals surface area (Å²) in [6, 6.07) is 0. The predicted octanol–water partition coefficient (Wildman–Crippen LogP) is 1.47. The Morgan fingerprint density at radius 3 is 2.30 bits per heavy atom. The minimum atomic E-state index is -0.0842. The first-order valence-electron chi connectivity index (χ1n) is 11.8. The summed E-state index contributed by atoms with van der Waals surface area (Å²) in [5, 5.41) is 6.74. The Kier molecular flexibility index (Phi) is 6.76. The topological polar surface area (TPSA) is 77.0 Å². The molecule has 0 aromatic carbocycles. The standard InChI is InChI=1S/C23H37N5O2/c1-3-27-13-8-16(9-14-27)7-11-26-23(24-2)25-10-4-12-28-21(29)19-17-5-6-18(15-17)20(19)22(28)30/h5-6,16-20H,3-4,7-15H2,1-2H3,(H2,24,25,26). The molecule has 2 amide bonds. The number of carbonyl (C=O) groups excluding carboxylic acids is 2. The zero-order valence-corrected chi connectivity index (χ0v) is 18.5. The van der Waals surface area contributed by atoms with Crippen molar-refractivity contribution in [1.82, 2.24) is 20.4 Å². The first-order valence-corrected chi connectivity index (χ1v) is 11.8. The summed E-state index contributed by atoms with van der Waals surface area (Å²) in [4.78, 5) is 33.8. The molecule has 2 N–H and O–H groups in total. The number of guanidine groups is 1. The third-order valence-electron chi connectivity index (χ3n) is 7.64. The van der Waals surface area contributed by atoms with E-state index in [1.165, 1.54) is 37.3 Å². The molecule has 30 heavy (non-hydrogen) atoms. The molecule has 0 aromatic rings. The molecular formula is C23H37N5O2. The van der Waals surface area contributed by atoms with Gasteiger partial charge in [0, 0.05) is 26.7 Å². The van der Waals surface area contributed by atoms with Gasteiger partial charge in [-0.3, -0.25) is 19.5 Å². The van der Waals surface area contributed by atoms with Crippen molar-refractivity contribution < 1.29 is 9.59 Å². The van der Waals surface area contributed by atoms with Gasteiger partial charge < -0.3 is 15.5 Å². The average molecular weight is 416 g/mol. The van der Waals surface area contributed by atoms with Crippen LogP contribution in [0.15, 0.2) is 17.1 Å². The minimum absolute atomic E-state index is 0.0541. The van der Waals surface area contributed by atoms with Gasteiger partial charge in [0.1, 0.15) is 0 Å². The van der Waals surface area contributed by atoms with Crippen molar-refractivity contribution >= 4 is 17.8 Å². The fraction of sp³-hybridized carbons (Fsp3) is 0.783. The second kappa shape index (κ2) is 9.50. The number of carbonyl (C=O) groups is 2. The number of likely N-dealkylation sites (tertiary alicyclic amines) is 2. The molecule has 4 aliphatic rings. The highest BCUT2D eigenvalue weighted by Crippen LogP contribution is 2.52. The van der Waals surface area contributed by atoms with E-state index in [9.17, 15) is 9.59 Å². The molecule has 4 unspecified atom stereocenters. The lowest BCUT2D eigenvalue weighted by Crippen LogP contribution is -2.41. The van der Waals surface area contributed by atoms with Crippen LogP contribution in [0.25, 0.3) is 0 Å². The molecule has 7 nitrogen and oxygen atoms in total. The van der Waals surface area contributed by atoms with Crippen molar-refractivity contribution in [2.45, 2.75) is 39.0 Å². The van der Waals surface area contributed by atoms with E-state index in [2.05, 4.69) is 39.6 Å². The number of hydrogen-bond donors (Lipinski definition) is 2. The van der Waals surface area contributed by atoms with Crippen LogP contribution in [0.3, 0.4) is 0 Å². The molecule has 7 heteroatoms. The van der Waals surface area contributed by atoms with Crippen molar-refractivity contribution in [3.8, 4) is 0 Å². The van der Waals surface area contributed by atoms with E-state index < -0.39 is 0 Å². The highest BCUT2D eigenvalue weighted by molar-refractivity contribution is 6.06. The van der Waals surface area contributed by atoms with Crippen molar-refractivity contribution in [3.63, 3.8) is 0 Å². The number of amides is 2. The lowest BCUT2D eigenvalue weighted by atomic mass is 9.85. The number of nitrogens with zero attached hydrogens (tertiary/aromatic N) is 3. The van der Waals surface area contributed by atoms with Crippen molar-refractivity contribution in [3.05, 3.63) is 12.2 Å². The van der Waals surface area contributed by atoms with Crippen molar-refractivity contribution in [1.29, 1.82) is 0 Å². The fourth-order valence-electron chi connectivity index (χ4n) is 5.84. The van der Waals surface area contributed by atoms with Gasteiger partial charge >= 0.3 is 0 Å². The van der Waals surface area contributed by atoms with Crippen molar-refractivity contribution in [2.24, 2.45) is 34.6 Å². The number of aliphatic imine (C=N–C) groups is 1. The Labute approximate surface area is 180 Å². The summed E-state index contributed by atoms with van der Waals surface area (Å²) in [5.74, 6) is 2.12. The summed E-state index contributed by atoms with van der Waals surface area (Å²) in [5.41, 5.74) is 0. The van der Waals surface area contributed by atoms with Crippen LogP contribution in [-0.2, 0) is 9.59 Å². The maximum absolute atomic E-state index is 12.7. The molecular weight excluding hydrogens is 378 g/mol. The Morgan fingerprint density at radius 1 is 1.07 bits per heavy atom. The number of hydrogen-bond acceptors (Lipinski definition) is 4. The van der Waals surface area contributed by atoms with Crippen LogP contribution < -0.4 is 10.6 Å². The second-order valence-corrected chi connectivity index (χ2v) is 9.27. The van der Waals surface area contributed by atoms with Crippen LogP contribution in [0.1, 0.15) is 39.0 Å². The lowest BCUT2D eigenvalue weighted by molar-refractivity contribution is -0.140. The van der Waals surface area contributed by atoms with Gasteiger partial charge in [-0.1, -0.05) is 19.1 Å². The highest BCUT2D eigenvalue weighted by atomic mass is 16.2. The van der Waals surface area contributed by atoms with E-state index in [-0.39, 0.29) is 35.5 Å². The average Bonchev–Trinajstić information content (AvgIpc) is 3.45. The van der Waals surface area contributed by atoms with Crippen LogP contribution in [-0.4, -0.2) is 73.9 Å². The Balaban J connectivity index is 1.12. The van der Waals surface area contributed by atoms with Gasteiger partial charge in [0.2, 0.25) is 11.8 Å². The van der Waals surface area contributed by atoms with Gasteiger partial charge in [-0.05, 0) is 69.5 Å². The molecule has 0 spiro atoms. The number of imide groups is 1. The maximum Gasteiger partial charge on any atom is 0.233 e. The van der Waals surface area contributed by atoms with E-state index in [1.807, 2.05) is 0 Å². The van der Waals surface area contributed by atoms with Gasteiger partial charge in [0.15, 0.2) is 5.96 Å². The van der Waals surface area contributed by atoms with Crippen molar-refractivity contribution in [2.75, 3.05) is 46.3 Å². The summed E-state index contributed by atoms with van der Waals surface area (Å²) in [6.45, 7) is 7.98. The molecule has 2 aliphatic carbocycles. The van der Waals surface area contributed by atoms with E-state index in [0.29, 0.717) is 13.1 Å². The molecule has 166 valence electrons. The first kappa shape index (κ1) is 21.3. The highest BCUT2D eigenvalue weighted by Gasteiger charge is 2.58. The molecule has 3 fully saturated rings. The molecule has 4 rings (SSSR count). The molecule has 0 aromatic heterocycles. The Hall–Kier alpha value is -1.89. The van der Waals surface area contributed by atoms with E-state index in [1.54, 1.807) is 7.05 Å². The first-order chi connectivity index (χ1) is 14.6. The van der Waals surface area contributed by atoms with E-state index >= 15 is 0 Å². The molecule has 2 bridgehead atoms. The summed E-state index contributed by atoms with van der Waals surface area (Å²) >= 11 is 0. The minimum Gasteiger partial charge on any atom is -0.356 e. The second-order valence-electron chi connectivity index (χ2n) is 9.27. The molecule has 2 aliphatic heterocycles. The lowest BCUT2D eigenvalue weighted by Gasteiger charge is -2.31. The third-order valence-corrected chi connectivity index (χ3v) is 7.64. The van der Waals surface area contributed by atoms with E-state index in [4.69, 9.17) is 0 Å². The zero-order chi connectivity index (χ0) is 21.1. The number of fused-ring (bicyclic) bond motifs is 5. The summed E-state index contributed by atoms with van der Waals surface area (Å²) in [6.07, 6.45) is 9.78. The molecule has 2 saturated heterocycles. The van der Waals surface area contributed by atoms with Gasteiger partial charge in [-0.25, -0.2) is 0 Å². The number of allylic oxidation sites excluding steroid dienone is 2. The molecule has 0 radical (unpaired) electrons. The maximum atomic E-state index is 12.7. The fourth-order valence-corrected chi connectivity index (χ4v) is 5.84. The largest absolute Gasteiger partial charge is 0.356 e. The van der Waals surface area contributed by atoms with Crippen LogP contribution in [0.4, 0.5) is 0 Å². The number of nitrogens with one attached hydrogen (secondary N) is 2. The van der Waals surface area contributed by atoms with Crippen LogP contribution in [0.2, 0.25) is 0 Å². The zero-order valence-electron chi connectivity index (χ0n) is 18.5. The van der Waals surface area contributed by atoms with Gasteiger partial charge in [-0.15, -0.1) is 0 Å². The van der Waals surface area contributed by atoms with E-state index in [0.717, 1.165) is 37.8 Å². The van der Waals surface area contributed by atoms with Crippen LogP contribution in [0, 0.1) is 29.6 Å². The monoisotopic (exact) mass is 415 g/mol. The van der Waals surface area contributed by atoms with Gasteiger partial charge in [0.05, 0.1) is 11.8 Å². The summed E-state index contributed by atoms with van der Waals surface area (Å²) in [7, 11) is 1.78. The molecule has 2 heterocycles. The number of rotatable bonds is 8. The van der Waals surface area contributed by atoms with Crippen LogP contribution >= 0.6 is 0 Å². The molecule has 4 atom stereocenters. The number of piperidine rings is 1. The normalized spacial score (nSPS) is 31.7. The molecule has 1 saturated carbocycles. The van der Waals surface area contributed by atoms with Crippen LogP contribution in [0.5, 0.6) is 0 Å². The predicted molar refractivity (Wildman–Crippen MR) is 118 cm³/mol. The smallest absolute Gasteiger partial charge is 0.233 e. The quantitative estimate of drug-likeness (QED) is 0.206. The third kappa shape index (κ3) is 4.27. The van der Waals surface area contributed by atoms with Gasteiger partial charge in [0.25, 0.3) is 0 Å². The SMILES string of the molecule is CCN1CCC(CCNC(=NC)NCCCN2C(=O)C3C4C=CC(C4)C3C2=O)CC1. The Bertz CT molecular complexity index is 668. The van der Waals surface area contributed by atoms with Gasteiger partial charge in [-0.2, -0.15) is 0 Å². The summed E-state index contributed by atoms with van der Waals surface area (Å²) < 4.78 is 0. The Morgan fingerprint density at radius 2 is 1.70 bits per heavy atom.